The van der Waals surface area contributed by atoms with Gasteiger partial charge < -0.3 is 10.2 Å². The van der Waals surface area contributed by atoms with Crippen molar-refractivity contribution in [2.24, 2.45) is 5.84 Å². The first-order valence-corrected chi connectivity index (χ1v) is 4.71. The Hall–Kier alpha value is -1.14. The van der Waals surface area contributed by atoms with E-state index in [0.29, 0.717) is 32.5 Å². The Morgan fingerprint density at radius 3 is 3.07 bits per heavy atom. The van der Waals surface area contributed by atoms with Crippen LogP contribution >= 0.6 is 0 Å². The van der Waals surface area contributed by atoms with Gasteiger partial charge >= 0.3 is 0 Å². The molecule has 1 aliphatic rings. The van der Waals surface area contributed by atoms with E-state index in [4.69, 9.17) is 5.84 Å². The van der Waals surface area contributed by atoms with Crippen LogP contribution in [0, 0.1) is 0 Å². The van der Waals surface area contributed by atoms with Gasteiger partial charge in [-0.2, -0.15) is 0 Å². The third-order valence-corrected chi connectivity index (χ3v) is 2.22. The number of nitrogens with two attached hydrogens (primary N) is 1. The summed E-state index contributed by atoms with van der Waals surface area (Å²) < 4.78 is 0. The Bertz CT molecular complexity index is 219. The van der Waals surface area contributed by atoms with E-state index >= 15 is 0 Å². The molecule has 0 spiro atoms. The van der Waals surface area contributed by atoms with Crippen LogP contribution in [0.1, 0.15) is 12.8 Å². The smallest absolute Gasteiger partial charge is 0.235 e. The van der Waals surface area contributed by atoms with Crippen LogP contribution in [-0.2, 0) is 9.59 Å². The van der Waals surface area contributed by atoms with Crippen LogP contribution in [-0.4, -0.2) is 42.9 Å². The molecule has 1 rings (SSSR count). The van der Waals surface area contributed by atoms with Crippen LogP contribution < -0.4 is 16.6 Å². The Kier molecular flexibility index (Phi) is 4.34. The molecule has 0 aromatic carbocycles. The van der Waals surface area contributed by atoms with Crippen molar-refractivity contribution in [3.63, 3.8) is 0 Å². The molecule has 6 heteroatoms. The largest absolute Gasteiger partial charge is 0.355 e. The molecule has 14 heavy (non-hydrogen) atoms. The maximum absolute atomic E-state index is 11.0. The maximum Gasteiger partial charge on any atom is 0.235 e. The van der Waals surface area contributed by atoms with Crippen LogP contribution in [0.2, 0.25) is 0 Å². The second kappa shape index (κ2) is 5.56. The summed E-state index contributed by atoms with van der Waals surface area (Å²) in [5.74, 6) is 4.86. The molecule has 0 bridgehead atoms. The lowest BCUT2D eigenvalue weighted by Gasteiger charge is -2.17. The number of hydrazine groups is 1. The molecule has 80 valence electrons. The van der Waals surface area contributed by atoms with Gasteiger partial charge in [0.2, 0.25) is 11.8 Å². The number of rotatable bonds is 3. The SMILES string of the molecule is NNC(=O)CCN1CCNC(=O)CC1. The van der Waals surface area contributed by atoms with Gasteiger partial charge in [-0.3, -0.25) is 15.0 Å². The third-order valence-electron chi connectivity index (χ3n) is 2.22. The van der Waals surface area contributed by atoms with E-state index in [1.807, 2.05) is 0 Å². The van der Waals surface area contributed by atoms with Gasteiger partial charge in [-0.15, -0.1) is 0 Å². The average molecular weight is 200 g/mol. The molecule has 4 N–H and O–H groups in total. The van der Waals surface area contributed by atoms with E-state index in [1.165, 1.54) is 0 Å². The quantitative estimate of drug-likeness (QED) is 0.284. The van der Waals surface area contributed by atoms with Gasteiger partial charge in [0.1, 0.15) is 0 Å². The molecule has 6 nitrogen and oxygen atoms in total. The lowest BCUT2D eigenvalue weighted by atomic mass is 10.3. The van der Waals surface area contributed by atoms with E-state index in [-0.39, 0.29) is 11.8 Å². The van der Waals surface area contributed by atoms with Crippen molar-refractivity contribution in [1.29, 1.82) is 0 Å². The first-order valence-electron chi connectivity index (χ1n) is 4.71. The highest BCUT2D eigenvalue weighted by atomic mass is 16.2. The van der Waals surface area contributed by atoms with Crippen LogP contribution in [0.3, 0.4) is 0 Å². The molecular weight excluding hydrogens is 184 g/mol. The minimum atomic E-state index is -0.173. The molecule has 0 saturated carbocycles. The number of nitrogens with zero attached hydrogens (tertiary/aromatic N) is 1. The van der Waals surface area contributed by atoms with E-state index in [2.05, 4.69) is 15.6 Å². The standard InChI is InChI=1S/C8H16N4O2/c9-11-8(14)2-5-12-4-1-7(13)10-3-6-12/h1-6,9H2,(H,10,13)(H,11,14). The number of carbonyl (C=O) groups excluding carboxylic acids is 2. The summed E-state index contributed by atoms with van der Waals surface area (Å²) in [7, 11) is 0. The fourth-order valence-corrected chi connectivity index (χ4v) is 1.37. The molecule has 0 atom stereocenters. The fourth-order valence-electron chi connectivity index (χ4n) is 1.37. The fraction of sp³-hybridized carbons (Fsp3) is 0.750. The zero-order valence-electron chi connectivity index (χ0n) is 8.08. The predicted molar refractivity (Wildman–Crippen MR) is 51.0 cm³/mol. The number of carbonyl (C=O) groups is 2. The van der Waals surface area contributed by atoms with Crippen molar-refractivity contribution in [2.45, 2.75) is 12.8 Å². The number of hydrogen-bond donors (Lipinski definition) is 3. The van der Waals surface area contributed by atoms with Gasteiger partial charge in [0, 0.05) is 39.0 Å². The lowest BCUT2D eigenvalue weighted by molar-refractivity contribution is -0.121. The normalized spacial score (nSPS) is 18.5. The summed E-state index contributed by atoms with van der Waals surface area (Å²) in [6.45, 7) is 2.81. The van der Waals surface area contributed by atoms with E-state index in [1.54, 1.807) is 0 Å². The Morgan fingerprint density at radius 1 is 1.57 bits per heavy atom. The van der Waals surface area contributed by atoms with Crippen molar-refractivity contribution in [1.82, 2.24) is 15.6 Å². The topological polar surface area (TPSA) is 87.5 Å². The summed E-state index contributed by atoms with van der Waals surface area (Å²) in [5.41, 5.74) is 2.08. The number of hydrogen-bond acceptors (Lipinski definition) is 4. The molecular formula is C8H16N4O2. The predicted octanol–water partition coefficient (Wildman–Crippen LogP) is -1.81. The Labute approximate surface area is 82.8 Å². The molecule has 0 aromatic rings. The van der Waals surface area contributed by atoms with Gasteiger partial charge in [-0.05, 0) is 0 Å². The second-order valence-electron chi connectivity index (χ2n) is 3.26. The van der Waals surface area contributed by atoms with Gasteiger partial charge in [0.15, 0.2) is 0 Å². The van der Waals surface area contributed by atoms with E-state index < -0.39 is 0 Å². The highest BCUT2D eigenvalue weighted by Gasteiger charge is 2.13. The van der Waals surface area contributed by atoms with Crippen molar-refractivity contribution >= 4 is 11.8 Å². The molecule has 1 saturated heterocycles. The molecule has 0 radical (unpaired) electrons. The highest BCUT2D eigenvalue weighted by molar-refractivity contribution is 5.76. The van der Waals surface area contributed by atoms with Crippen LogP contribution in [0.25, 0.3) is 0 Å². The Balaban J connectivity index is 2.23. The van der Waals surface area contributed by atoms with Crippen molar-refractivity contribution < 1.29 is 9.59 Å². The zero-order valence-corrected chi connectivity index (χ0v) is 8.08. The minimum absolute atomic E-state index is 0.0794. The summed E-state index contributed by atoms with van der Waals surface area (Å²) in [5, 5.41) is 2.77. The molecule has 2 amide bonds. The number of nitrogens with one attached hydrogen (secondary N) is 2. The van der Waals surface area contributed by atoms with E-state index in [0.717, 1.165) is 6.54 Å². The summed E-state index contributed by atoms with van der Waals surface area (Å²) in [6.07, 6.45) is 0.884. The van der Waals surface area contributed by atoms with E-state index in [9.17, 15) is 9.59 Å². The van der Waals surface area contributed by atoms with Crippen molar-refractivity contribution in [2.75, 3.05) is 26.2 Å². The van der Waals surface area contributed by atoms with Crippen LogP contribution in [0.15, 0.2) is 0 Å². The molecule has 1 fully saturated rings. The molecule has 1 aliphatic heterocycles. The van der Waals surface area contributed by atoms with Gasteiger partial charge in [0.05, 0.1) is 0 Å². The summed E-state index contributed by atoms with van der Waals surface area (Å²) >= 11 is 0. The molecule has 0 aromatic heterocycles. The average Bonchev–Trinajstić information content (AvgIpc) is 2.39. The van der Waals surface area contributed by atoms with Crippen LogP contribution in [0.5, 0.6) is 0 Å². The van der Waals surface area contributed by atoms with Gasteiger partial charge in [-0.25, -0.2) is 5.84 Å². The maximum atomic E-state index is 11.0. The van der Waals surface area contributed by atoms with Gasteiger partial charge in [0.25, 0.3) is 0 Å². The zero-order chi connectivity index (χ0) is 10.4. The lowest BCUT2D eigenvalue weighted by Crippen LogP contribution is -2.35. The molecule has 0 unspecified atom stereocenters. The monoisotopic (exact) mass is 200 g/mol. The minimum Gasteiger partial charge on any atom is -0.355 e. The molecule has 0 aliphatic carbocycles. The molecule has 1 heterocycles. The first kappa shape index (κ1) is 10.9. The summed E-state index contributed by atoms with van der Waals surface area (Å²) in [4.78, 5) is 23.9. The first-order chi connectivity index (χ1) is 6.72. The highest BCUT2D eigenvalue weighted by Crippen LogP contribution is 1.97. The van der Waals surface area contributed by atoms with Gasteiger partial charge in [-0.1, -0.05) is 0 Å². The summed E-state index contributed by atoms with van der Waals surface area (Å²) in [6, 6.07) is 0. The van der Waals surface area contributed by atoms with Crippen molar-refractivity contribution in [3.8, 4) is 0 Å². The van der Waals surface area contributed by atoms with Crippen LogP contribution in [0.4, 0.5) is 0 Å². The Morgan fingerprint density at radius 2 is 2.36 bits per heavy atom. The number of amides is 2. The third kappa shape index (κ3) is 3.71. The second-order valence-corrected chi connectivity index (χ2v) is 3.26. The van der Waals surface area contributed by atoms with Crippen molar-refractivity contribution in [3.05, 3.63) is 0 Å².